The van der Waals surface area contributed by atoms with Crippen LogP contribution in [0.25, 0.3) is 38.8 Å². The summed E-state index contributed by atoms with van der Waals surface area (Å²) in [6, 6.07) is 46.5. The van der Waals surface area contributed by atoms with Gasteiger partial charge in [0.1, 0.15) is 0 Å². The number of hydrogen-bond acceptors (Lipinski definition) is 2. The lowest BCUT2D eigenvalue weighted by Gasteiger charge is -2.25. The summed E-state index contributed by atoms with van der Waals surface area (Å²) in [6.45, 7) is 0. The first-order valence-electron chi connectivity index (χ1n) is 11.8. The molecule has 0 aliphatic rings. The minimum Gasteiger partial charge on any atom is -0.438 e. The zero-order chi connectivity index (χ0) is 23.2. The van der Waals surface area contributed by atoms with Crippen molar-refractivity contribution in [1.82, 2.24) is 4.40 Å². The molecule has 2 heterocycles. The molecule has 7 aromatic rings. The van der Waals surface area contributed by atoms with Crippen molar-refractivity contribution in [2.45, 2.75) is 0 Å². The number of benzene rings is 5. The lowest BCUT2D eigenvalue weighted by Crippen LogP contribution is -2.09. The Morgan fingerprint density at radius 2 is 1.03 bits per heavy atom. The van der Waals surface area contributed by atoms with Gasteiger partial charge in [-0.15, -0.1) is 0 Å². The van der Waals surface area contributed by atoms with E-state index in [9.17, 15) is 0 Å². The highest BCUT2D eigenvalue weighted by atomic mass is 16.3. The molecule has 0 saturated heterocycles. The van der Waals surface area contributed by atoms with Gasteiger partial charge in [0.15, 0.2) is 5.58 Å². The quantitative estimate of drug-likeness (QED) is 0.267. The fraction of sp³-hybridized carbons (Fsp3) is 0. The van der Waals surface area contributed by atoms with Crippen LogP contribution in [0.4, 0.5) is 17.1 Å². The maximum absolute atomic E-state index is 6.39. The van der Waals surface area contributed by atoms with Gasteiger partial charge in [-0.05, 0) is 60.2 Å². The highest BCUT2D eigenvalue weighted by Gasteiger charge is 2.20. The van der Waals surface area contributed by atoms with E-state index in [1.165, 1.54) is 5.39 Å². The van der Waals surface area contributed by atoms with E-state index in [4.69, 9.17) is 4.42 Å². The van der Waals surface area contributed by atoms with Crippen molar-refractivity contribution in [2.75, 3.05) is 4.90 Å². The zero-order valence-corrected chi connectivity index (χ0v) is 19.0. The van der Waals surface area contributed by atoms with Gasteiger partial charge in [-0.2, -0.15) is 0 Å². The molecule has 5 aromatic carbocycles. The summed E-state index contributed by atoms with van der Waals surface area (Å²) in [7, 11) is 0. The highest BCUT2D eigenvalue weighted by Crippen LogP contribution is 2.41. The molecular weight excluding hydrogens is 428 g/mol. The maximum atomic E-state index is 6.39. The summed E-state index contributed by atoms with van der Waals surface area (Å²) in [5.74, 6) is 0. The Balaban J connectivity index is 1.41. The Kier molecular flexibility index (Phi) is 4.46. The Labute approximate surface area is 203 Å². The lowest BCUT2D eigenvalue weighted by atomic mass is 10.0. The van der Waals surface area contributed by atoms with E-state index in [1.54, 1.807) is 0 Å². The van der Waals surface area contributed by atoms with E-state index in [-0.39, 0.29) is 0 Å². The molecule has 0 aliphatic carbocycles. The molecule has 3 heteroatoms. The fourth-order valence-electron chi connectivity index (χ4n) is 5.04. The average molecular weight is 451 g/mol. The number of oxazole rings is 1. The zero-order valence-electron chi connectivity index (χ0n) is 19.0. The van der Waals surface area contributed by atoms with Crippen molar-refractivity contribution in [3.8, 4) is 11.1 Å². The van der Waals surface area contributed by atoms with Crippen LogP contribution in [-0.2, 0) is 0 Å². The molecule has 0 N–H and O–H groups in total. The van der Waals surface area contributed by atoms with Gasteiger partial charge in [0.2, 0.25) is 5.71 Å². The maximum Gasteiger partial charge on any atom is 0.213 e. The first kappa shape index (κ1) is 19.7. The predicted molar refractivity (Wildman–Crippen MR) is 145 cm³/mol. The first-order valence-corrected chi connectivity index (χ1v) is 11.8. The summed E-state index contributed by atoms with van der Waals surface area (Å²) in [6.07, 6.45) is 0. The normalized spacial score (nSPS) is 11.4. The Morgan fingerprint density at radius 3 is 1.71 bits per heavy atom. The van der Waals surface area contributed by atoms with E-state index < -0.39 is 0 Å². The number of hydrogen-bond donors (Lipinski definition) is 0. The molecule has 0 radical (unpaired) electrons. The third kappa shape index (κ3) is 3.13. The van der Waals surface area contributed by atoms with Crippen molar-refractivity contribution in [3.63, 3.8) is 0 Å². The predicted octanol–water partition coefficient (Wildman–Crippen LogP) is 8.98. The largest absolute Gasteiger partial charge is 0.438 e. The highest BCUT2D eigenvalue weighted by molar-refractivity contribution is 6.07. The lowest BCUT2D eigenvalue weighted by molar-refractivity contribution is 0.658. The van der Waals surface area contributed by atoms with Crippen molar-refractivity contribution in [3.05, 3.63) is 133 Å². The number of para-hydroxylation sites is 5. The average Bonchev–Trinajstić information content (AvgIpc) is 3.45. The molecule has 0 bridgehead atoms. The second kappa shape index (κ2) is 7.93. The van der Waals surface area contributed by atoms with E-state index in [0.717, 1.165) is 50.5 Å². The van der Waals surface area contributed by atoms with E-state index in [0.29, 0.717) is 0 Å². The molecule has 35 heavy (non-hydrogen) atoms. The summed E-state index contributed by atoms with van der Waals surface area (Å²) >= 11 is 0. The monoisotopic (exact) mass is 450 g/mol. The van der Waals surface area contributed by atoms with E-state index in [2.05, 4.69) is 118 Å². The number of aromatic nitrogens is 1. The van der Waals surface area contributed by atoms with Crippen LogP contribution in [-0.4, -0.2) is 4.40 Å². The van der Waals surface area contributed by atoms with Gasteiger partial charge in [0.25, 0.3) is 0 Å². The van der Waals surface area contributed by atoms with Gasteiger partial charge < -0.3 is 9.32 Å². The topological polar surface area (TPSA) is 20.8 Å². The van der Waals surface area contributed by atoms with E-state index >= 15 is 0 Å². The van der Waals surface area contributed by atoms with Gasteiger partial charge in [-0.25, -0.2) is 0 Å². The van der Waals surface area contributed by atoms with Crippen LogP contribution in [0.1, 0.15) is 0 Å². The number of fused-ring (bicyclic) bond motifs is 5. The van der Waals surface area contributed by atoms with Crippen LogP contribution in [0.3, 0.4) is 0 Å². The minimum atomic E-state index is 0.878. The van der Waals surface area contributed by atoms with Crippen LogP contribution in [0.2, 0.25) is 0 Å². The van der Waals surface area contributed by atoms with Crippen LogP contribution in [0.5, 0.6) is 0 Å². The van der Waals surface area contributed by atoms with Crippen molar-refractivity contribution in [2.24, 2.45) is 0 Å². The SMILES string of the molecule is c1ccc(N(c2ccccc2)c2ccc(-c3c4ccccc4n4c3oc3ccccc34)cc2)cc1. The van der Waals surface area contributed by atoms with Gasteiger partial charge >= 0.3 is 0 Å². The second-order valence-corrected chi connectivity index (χ2v) is 8.66. The molecule has 0 aliphatic heterocycles. The number of anilines is 3. The molecule has 0 unspecified atom stereocenters. The standard InChI is InChI=1S/C32H22N2O/c1-3-11-24(12-4-1)33(25-13-5-2-6-14-25)26-21-19-23(20-22-26)31-27-15-7-8-16-28(27)34-29-17-9-10-18-30(29)35-32(31)34/h1-22H. The van der Waals surface area contributed by atoms with Gasteiger partial charge in [-0.1, -0.05) is 78.9 Å². The van der Waals surface area contributed by atoms with Crippen LogP contribution < -0.4 is 4.90 Å². The first-order chi connectivity index (χ1) is 17.4. The number of rotatable bonds is 4. The van der Waals surface area contributed by atoms with Crippen LogP contribution >= 0.6 is 0 Å². The summed E-state index contributed by atoms with van der Waals surface area (Å²) in [5.41, 5.74) is 9.62. The molecule has 2 aromatic heterocycles. The molecule has 3 nitrogen and oxygen atoms in total. The Hall–Kier alpha value is -4.76. The minimum absolute atomic E-state index is 0.878. The Bertz CT molecular complexity index is 1740. The molecular formula is C32H22N2O. The second-order valence-electron chi connectivity index (χ2n) is 8.66. The summed E-state index contributed by atoms with van der Waals surface area (Å²) in [4.78, 5) is 2.28. The third-order valence-electron chi connectivity index (χ3n) is 6.59. The smallest absolute Gasteiger partial charge is 0.213 e. The molecule has 7 rings (SSSR count). The Morgan fingerprint density at radius 1 is 0.486 bits per heavy atom. The van der Waals surface area contributed by atoms with Gasteiger partial charge in [0, 0.05) is 22.4 Å². The number of nitrogens with zero attached hydrogens (tertiary/aromatic N) is 2. The molecule has 166 valence electrons. The van der Waals surface area contributed by atoms with Gasteiger partial charge in [-0.3, -0.25) is 4.40 Å². The van der Waals surface area contributed by atoms with Crippen LogP contribution in [0, 0.1) is 0 Å². The van der Waals surface area contributed by atoms with E-state index in [1.807, 2.05) is 24.3 Å². The fourth-order valence-corrected chi connectivity index (χ4v) is 5.04. The van der Waals surface area contributed by atoms with Crippen molar-refractivity contribution < 1.29 is 4.42 Å². The molecule has 0 atom stereocenters. The molecule has 0 fully saturated rings. The van der Waals surface area contributed by atoms with Gasteiger partial charge in [0.05, 0.1) is 16.6 Å². The molecule has 0 saturated carbocycles. The van der Waals surface area contributed by atoms with Crippen LogP contribution in [0.15, 0.2) is 138 Å². The van der Waals surface area contributed by atoms with Crippen molar-refractivity contribution >= 4 is 44.8 Å². The van der Waals surface area contributed by atoms with Crippen molar-refractivity contribution in [1.29, 1.82) is 0 Å². The molecule has 0 spiro atoms. The summed E-state index contributed by atoms with van der Waals surface area (Å²) in [5, 5.41) is 1.19. The molecule has 0 amide bonds. The third-order valence-corrected chi connectivity index (χ3v) is 6.59. The summed E-state index contributed by atoms with van der Waals surface area (Å²) < 4.78 is 8.62.